The Bertz CT molecular complexity index is 1520. The number of hydrogen-bond donors (Lipinski definition) is 2. The van der Waals surface area contributed by atoms with Crippen molar-refractivity contribution in [1.82, 2.24) is 4.98 Å². The van der Waals surface area contributed by atoms with Gasteiger partial charge in [-0.1, -0.05) is 45.5 Å². The number of aromatic hydroxyl groups is 1. The molecule has 1 saturated heterocycles. The number of aromatic nitrogens is 1. The Morgan fingerprint density at radius 1 is 0.971 bits per heavy atom. The first-order valence-corrected chi connectivity index (χ1v) is 12.5. The molecule has 0 bridgehead atoms. The third-order valence-corrected chi connectivity index (χ3v) is 8.19. The van der Waals surface area contributed by atoms with Crippen molar-refractivity contribution in [3.63, 3.8) is 0 Å². The third kappa shape index (κ3) is 3.92. The summed E-state index contributed by atoms with van der Waals surface area (Å²) in [6, 6.07) is 14.6. The van der Waals surface area contributed by atoms with E-state index in [1.165, 1.54) is 28.4 Å². The van der Waals surface area contributed by atoms with Crippen LogP contribution in [0.5, 0.6) is 5.75 Å². The Morgan fingerprint density at radius 3 is 2.34 bits per heavy atom. The monoisotopic (exact) mass is 548 g/mol. The number of aliphatic hydroxyl groups is 1. The van der Waals surface area contributed by atoms with Crippen molar-refractivity contribution < 1.29 is 19.8 Å². The molecule has 176 valence electrons. The number of benzene rings is 3. The molecule has 6 nitrogen and oxygen atoms in total. The molecule has 2 heterocycles. The van der Waals surface area contributed by atoms with Gasteiger partial charge < -0.3 is 10.2 Å². The zero-order valence-corrected chi connectivity index (χ0v) is 21.6. The van der Waals surface area contributed by atoms with E-state index >= 15 is 0 Å². The van der Waals surface area contributed by atoms with E-state index in [-0.39, 0.29) is 17.1 Å². The van der Waals surface area contributed by atoms with Gasteiger partial charge in [-0.3, -0.25) is 14.5 Å². The predicted octanol–water partition coefficient (Wildman–Crippen LogP) is 6.32. The fraction of sp³-hybridized carbons (Fsp3) is 0.148. The number of phenols is 1. The number of hydrogen-bond acceptors (Lipinski definition) is 6. The summed E-state index contributed by atoms with van der Waals surface area (Å²) in [5, 5.41) is 21.5. The molecule has 1 fully saturated rings. The van der Waals surface area contributed by atoms with Crippen molar-refractivity contribution in [2.45, 2.75) is 26.8 Å². The highest BCUT2D eigenvalue weighted by Crippen LogP contribution is 2.45. The molecular formula is C27H21BrN2O4S. The normalized spacial score (nSPS) is 17.5. The van der Waals surface area contributed by atoms with E-state index in [9.17, 15) is 19.8 Å². The number of phenolic OH excluding ortho intramolecular Hbond substituents is 1. The molecule has 2 N–H and O–H groups in total. The van der Waals surface area contributed by atoms with Gasteiger partial charge in [-0.15, -0.1) is 0 Å². The number of amides is 1. The topological polar surface area (TPSA) is 90.7 Å². The van der Waals surface area contributed by atoms with Crippen LogP contribution in [0, 0.1) is 20.8 Å². The van der Waals surface area contributed by atoms with Crippen molar-refractivity contribution in [1.29, 1.82) is 0 Å². The van der Waals surface area contributed by atoms with Crippen LogP contribution in [-0.4, -0.2) is 26.9 Å². The van der Waals surface area contributed by atoms with Crippen LogP contribution in [0.1, 0.15) is 33.9 Å². The first-order chi connectivity index (χ1) is 16.7. The number of anilines is 1. The van der Waals surface area contributed by atoms with Crippen molar-refractivity contribution in [3.05, 3.63) is 92.5 Å². The lowest BCUT2D eigenvalue weighted by Crippen LogP contribution is -2.29. The number of fused-ring (bicyclic) bond motifs is 1. The largest absolute Gasteiger partial charge is 0.508 e. The summed E-state index contributed by atoms with van der Waals surface area (Å²) in [7, 11) is 0. The third-order valence-electron chi connectivity index (χ3n) is 6.28. The number of Topliss-reactive ketones (excluding diaryl/α,β-unsaturated/α-hetero) is 1. The van der Waals surface area contributed by atoms with Crippen LogP contribution < -0.4 is 4.90 Å². The van der Waals surface area contributed by atoms with Gasteiger partial charge in [0.25, 0.3) is 5.78 Å². The smallest absolute Gasteiger partial charge is 0.301 e. The number of carbonyl (C=O) groups excluding carboxylic acids is 2. The number of nitrogens with zero attached hydrogens (tertiary/aromatic N) is 2. The molecule has 1 amide bonds. The van der Waals surface area contributed by atoms with Crippen LogP contribution in [0.4, 0.5) is 5.13 Å². The molecule has 8 heteroatoms. The average Bonchev–Trinajstić information content (AvgIpc) is 3.33. The number of carbonyl (C=O) groups is 2. The molecule has 1 atom stereocenters. The fourth-order valence-corrected chi connectivity index (χ4v) is 5.54. The summed E-state index contributed by atoms with van der Waals surface area (Å²) in [5.74, 6) is -1.74. The number of aliphatic hydroxyl groups excluding tert-OH is 1. The van der Waals surface area contributed by atoms with Gasteiger partial charge in [0.05, 0.1) is 21.8 Å². The molecular weight excluding hydrogens is 528 g/mol. The summed E-state index contributed by atoms with van der Waals surface area (Å²) in [6.45, 7) is 5.88. The lowest BCUT2D eigenvalue weighted by atomic mass is 9.95. The van der Waals surface area contributed by atoms with E-state index in [0.29, 0.717) is 16.3 Å². The molecule has 4 aromatic rings. The molecule has 35 heavy (non-hydrogen) atoms. The van der Waals surface area contributed by atoms with Crippen LogP contribution >= 0.6 is 27.3 Å². The van der Waals surface area contributed by atoms with E-state index in [1.54, 1.807) is 30.3 Å². The van der Waals surface area contributed by atoms with Gasteiger partial charge in [0.1, 0.15) is 11.5 Å². The molecule has 1 unspecified atom stereocenters. The Labute approximate surface area is 214 Å². The molecule has 0 aliphatic carbocycles. The molecule has 5 rings (SSSR count). The summed E-state index contributed by atoms with van der Waals surface area (Å²) < 4.78 is 1.77. The SMILES string of the molecule is Cc1cc2nc(N3C(=O)C(=O)/C(=C(/O)c4ccc(Br)c(C)c4)C3c3ccc(O)cc3)sc2cc1C. The maximum Gasteiger partial charge on any atom is 0.301 e. The minimum Gasteiger partial charge on any atom is -0.508 e. The molecule has 1 aliphatic rings. The van der Waals surface area contributed by atoms with Crippen molar-refractivity contribution in [2.24, 2.45) is 0 Å². The number of thiazole rings is 1. The van der Waals surface area contributed by atoms with Gasteiger partial charge in [-0.2, -0.15) is 0 Å². The zero-order chi connectivity index (χ0) is 25.0. The summed E-state index contributed by atoms with van der Waals surface area (Å²) in [4.78, 5) is 32.7. The van der Waals surface area contributed by atoms with Gasteiger partial charge >= 0.3 is 5.91 Å². The Balaban J connectivity index is 1.74. The summed E-state index contributed by atoms with van der Waals surface area (Å²) in [5.41, 5.74) is 4.79. The van der Waals surface area contributed by atoms with Crippen LogP contribution in [0.25, 0.3) is 16.0 Å². The first kappa shape index (κ1) is 23.3. The lowest BCUT2D eigenvalue weighted by Gasteiger charge is -2.23. The van der Waals surface area contributed by atoms with E-state index in [0.717, 1.165) is 31.4 Å². The molecule has 3 aromatic carbocycles. The number of aryl methyl sites for hydroxylation is 3. The van der Waals surface area contributed by atoms with E-state index in [4.69, 9.17) is 0 Å². The highest BCUT2D eigenvalue weighted by atomic mass is 79.9. The lowest BCUT2D eigenvalue weighted by molar-refractivity contribution is -0.132. The number of halogens is 1. The van der Waals surface area contributed by atoms with E-state index in [2.05, 4.69) is 20.9 Å². The van der Waals surface area contributed by atoms with Crippen LogP contribution in [0.15, 0.2) is 64.6 Å². The van der Waals surface area contributed by atoms with Gasteiger partial charge in [0.2, 0.25) is 0 Å². The Morgan fingerprint density at radius 2 is 1.66 bits per heavy atom. The second-order valence-corrected chi connectivity index (χ2v) is 10.5. The highest BCUT2D eigenvalue weighted by Gasteiger charge is 2.48. The highest BCUT2D eigenvalue weighted by molar-refractivity contribution is 9.10. The number of ketones is 1. The second-order valence-electron chi connectivity index (χ2n) is 8.63. The predicted molar refractivity (Wildman–Crippen MR) is 141 cm³/mol. The molecule has 1 aromatic heterocycles. The van der Waals surface area contributed by atoms with Gasteiger partial charge in [0.15, 0.2) is 5.13 Å². The van der Waals surface area contributed by atoms with Crippen LogP contribution in [0.2, 0.25) is 0 Å². The first-order valence-electron chi connectivity index (χ1n) is 10.9. The minimum absolute atomic E-state index is 0.0194. The summed E-state index contributed by atoms with van der Waals surface area (Å²) >= 11 is 4.77. The van der Waals surface area contributed by atoms with Gasteiger partial charge in [0, 0.05) is 10.0 Å². The fourth-order valence-electron chi connectivity index (χ4n) is 4.22. The minimum atomic E-state index is -0.901. The Kier molecular flexibility index (Phi) is 5.73. The van der Waals surface area contributed by atoms with E-state index < -0.39 is 17.7 Å². The maximum absolute atomic E-state index is 13.4. The molecule has 0 saturated carbocycles. The molecule has 0 radical (unpaired) electrons. The van der Waals surface area contributed by atoms with Crippen molar-refractivity contribution >= 4 is 60.1 Å². The molecule has 0 spiro atoms. The quantitative estimate of drug-likeness (QED) is 0.177. The standard InChI is InChI=1S/C27H21BrN2O4S/c1-13-11-20-21(12-14(13)2)35-27(29-20)30-23(16-4-7-18(31)8-5-16)22(25(33)26(30)34)24(32)17-6-9-19(28)15(3)10-17/h4-12,23,31-32H,1-3H3/b24-22+. The average molecular weight is 549 g/mol. The van der Waals surface area contributed by atoms with Crippen molar-refractivity contribution in [2.75, 3.05) is 4.90 Å². The van der Waals surface area contributed by atoms with Crippen LogP contribution in [0.3, 0.4) is 0 Å². The summed E-state index contributed by atoms with van der Waals surface area (Å²) in [6.07, 6.45) is 0. The van der Waals surface area contributed by atoms with Crippen LogP contribution in [-0.2, 0) is 9.59 Å². The maximum atomic E-state index is 13.4. The molecule has 1 aliphatic heterocycles. The zero-order valence-electron chi connectivity index (χ0n) is 19.2. The van der Waals surface area contributed by atoms with E-state index in [1.807, 2.05) is 32.9 Å². The van der Waals surface area contributed by atoms with Gasteiger partial charge in [-0.05, 0) is 79.4 Å². The second kappa shape index (κ2) is 8.62. The Hall–Kier alpha value is -3.49. The number of rotatable bonds is 3. The van der Waals surface area contributed by atoms with Crippen molar-refractivity contribution in [3.8, 4) is 5.75 Å². The van der Waals surface area contributed by atoms with Gasteiger partial charge in [-0.25, -0.2) is 4.98 Å².